The number of hydrogen-bond donors (Lipinski definition) is 2. The number of carbonyl (C=O) groups excluding carboxylic acids is 1. The predicted octanol–water partition coefficient (Wildman–Crippen LogP) is -0.367. The minimum Gasteiger partial charge on any atom is -0.481 e. The van der Waals surface area contributed by atoms with Crippen LogP contribution in [0.2, 0.25) is 0 Å². The van der Waals surface area contributed by atoms with Crippen LogP contribution in [0.5, 0.6) is 0 Å². The molecule has 0 saturated heterocycles. The highest BCUT2D eigenvalue weighted by Crippen LogP contribution is 1.71. The van der Waals surface area contributed by atoms with Crippen molar-refractivity contribution in [1.82, 2.24) is 0 Å². The van der Waals surface area contributed by atoms with Crippen LogP contribution in [0, 0.1) is 0 Å². The Morgan fingerprint density at radius 1 is 1.36 bits per heavy atom. The number of ether oxygens (including phenoxy) is 1. The van der Waals surface area contributed by atoms with Crippen LogP contribution < -0.4 is 0 Å². The van der Waals surface area contributed by atoms with Crippen LogP contribution in [-0.4, -0.2) is 35.4 Å². The van der Waals surface area contributed by atoms with Gasteiger partial charge in [0.2, 0.25) is 0 Å². The van der Waals surface area contributed by atoms with Crippen molar-refractivity contribution in [2.45, 2.75) is 13.8 Å². The first-order chi connectivity index (χ1) is 5.00. The van der Waals surface area contributed by atoms with Crippen LogP contribution in [-0.2, 0) is 14.3 Å². The third-order valence-electron chi connectivity index (χ3n) is 0.397. The largest absolute Gasteiger partial charge is 0.481 e. The number of aliphatic hydroxyl groups excluding tert-OH is 1. The fourth-order valence-corrected chi connectivity index (χ4v) is 0.189. The summed E-state index contributed by atoms with van der Waals surface area (Å²) in [4.78, 5) is 18.9. The SMILES string of the molecule is CC(=O)O.CC(=O)OCCO. The molecule has 0 fully saturated rings. The van der Waals surface area contributed by atoms with Gasteiger partial charge in [-0.15, -0.1) is 0 Å². The molecule has 5 heteroatoms. The van der Waals surface area contributed by atoms with Crippen LogP contribution in [0.3, 0.4) is 0 Å². The summed E-state index contributed by atoms with van der Waals surface area (Å²) in [5.41, 5.74) is 0. The summed E-state index contributed by atoms with van der Waals surface area (Å²) >= 11 is 0. The minimum atomic E-state index is -0.833. The molecule has 0 bridgehead atoms. The molecule has 5 nitrogen and oxygen atoms in total. The van der Waals surface area contributed by atoms with E-state index in [1.807, 2.05) is 0 Å². The fraction of sp³-hybridized carbons (Fsp3) is 0.667. The molecule has 0 heterocycles. The van der Waals surface area contributed by atoms with Crippen LogP contribution in [0.4, 0.5) is 0 Å². The Hall–Kier alpha value is -1.10. The van der Waals surface area contributed by atoms with Crippen LogP contribution in [0.15, 0.2) is 0 Å². The van der Waals surface area contributed by atoms with E-state index in [1.54, 1.807) is 0 Å². The molecule has 0 aliphatic rings. The molecule has 0 aromatic heterocycles. The lowest BCUT2D eigenvalue weighted by atomic mass is 10.7. The maximum absolute atomic E-state index is 9.87. The molecule has 0 radical (unpaired) electrons. The molecule has 0 saturated carbocycles. The zero-order chi connectivity index (χ0) is 9.28. The van der Waals surface area contributed by atoms with E-state index in [2.05, 4.69) is 4.74 Å². The number of hydrogen-bond acceptors (Lipinski definition) is 4. The third-order valence-corrected chi connectivity index (χ3v) is 0.397. The average molecular weight is 164 g/mol. The molecule has 0 atom stereocenters. The maximum Gasteiger partial charge on any atom is 0.302 e. The highest BCUT2D eigenvalue weighted by molar-refractivity contribution is 5.65. The van der Waals surface area contributed by atoms with E-state index < -0.39 is 5.97 Å². The van der Waals surface area contributed by atoms with Crippen molar-refractivity contribution in [2.75, 3.05) is 13.2 Å². The normalized spacial score (nSPS) is 7.55. The van der Waals surface area contributed by atoms with E-state index in [4.69, 9.17) is 15.0 Å². The first-order valence-corrected chi connectivity index (χ1v) is 2.94. The Balaban J connectivity index is 0. The Morgan fingerprint density at radius 3 is 1.82 bits per heavy atom. The summed E-state index contributed by atoms with van der Waals surface area (Å²) in [7, 11) is 0. The Morgan fingerprint density at radius 2 is 1.73 bits per heavy atom. The van der Waals surface area contributed by atoms with Gasteiger partial charge >= 0.3 is 5.97 Å². The zero-order valence-corrected chi connectivity index (χ0v) is 6.53. The second-order valence-electron chi connectivity index (χ2n) is 1.58. The number of carboxylic acid groups (broad SMARTS) is 1. The summed E-state index contributed by atoms with van der Waals surface area (Å²) in [6, 6.07) is 0. The summed E-state index contributed by atoms with van der Waals surface area (Å²) < 4.78 is 4.30. The van der Waals surface area contributed by atoms with Gasteiger partial charge < -0.3 is 14.9 Å². The molecule has 0 aromatic carbocycles. The molecule has 0 aliphatic heterocycles. The predicted molar refractivity (Wildman–Crippen MR) is 37.0 cm³/mol. The lowest BCUT2D eigenvalue weighted by Crippen LogP contribution is -2.03. The molecule has 2 N–H and O–H groups in total. The molecule has 0 spiro atoms. The van der Waals surface area contributed by atoms with Gasteiger partial charge in [0.05, 0.1) is 6.61 Å². The molecule has 0 rings (SSSR count). The van der Waals surface area contributed by atoms with E-state index in [-0.39, 0.29) is 19.2 Å². The zero-order valence-electron chi connectivity index (χ0n) is 6.53. The quantitative estimate of drug-likeness (QED) is 0.544. The molecule has 11 heavy (non-hydrogen) atoms. The second-order valence-corrected chi connectivity index (χ2v) is 1.58. The summed E-state index contributed by atoms with van der Waals surface area (Å²) in [5, 5.41) is 15.5. The van der Waals surface area contributed by atoms with Gasteiger partial charge in [0, 0.05) is 13.8 Å². The van der Waals surface area contributed by atoms with Crippen molar-refractivity contribution in [3.63, 3.8) is 0 Å². The topological polar surface area (TPSA) is 83.8 Å². The van der Waals surface area contributed by atoms with Gasteiger partial charge in [-0.25, -0.2) is 0 Å². The van der Waals surface area contributed by atoms with Crippen molar-refractivity contribution in [3.05, 3.63) is 0 Å². The van der Waals surface area contributed by atoms with Gasteiger partial charge in [-0.3, -0.25) is 9.59 Å². The van der Waals surface area contributed by atoms with Gasteiger partial charge in [0.1, 0.15) is 6.61 Å². The second kappa shape index (κ2) is 8.90. The molecular formula is C6H12O5. The number of aliphatic hydroxyl groups is 1. The molecule has 0 unspecified atom stereocenters. The lowest BCUT2D eigenvalue weighted by Gasteiger charge is -1.93. The Bertz CT molecular complexity index is 116. The number of aliphatic carboxylic acids is 1. The number of carbonyl (C=O) groups is 2. The van der Waals surface area contributed by atoms with Crippen molar-refractivity contribution in [2.24, 2.45) is 0 Å². The van der Waals surface area contributed by atoms with E-state index in [9.17, 15) is 4.79 Å². The monoisotopic (exact) mass is 164 g/mol. The van der Waals surface area contributed by atoms with Crippen molar-refractivity contribution >= 4 is 11.9 Å². The number of carboxylic acids is 1. The summed E-state index contributed by atoms with van der Waals surface area (Å²) in [5.74, 6) is -1.19. The Labute approximate surface area is 64.6 Å². The van der Waals surface area contributed by atoms with Crippen LogP contribution in [0.25, 0.3) is 0 Å². The van der Waals surface area contributed by atoms with E-state index in [0.717, 1.165) is 6.92 Å². The van der Waals surface area contributed by atoms with Gasteiger partial charge in [0.15, 0.2) is 0 Å². The number of rotatable bonds is 2. The van der Waals surface area contributed by atoms with Crippen molar-refractivity contribution < 1.29 is 24.5 Å². The fourth-order valence-electron chi connectivity index (χ4n) is 0.189. The van der Waals surface area contributed by atoms with E-state index in [0.29, 0.717) is 0 Å². The minimum absolute atomic E-state index is 0.0976. The molecule has 0 aromatic rings. The van der Waals surface area contributed by atoms with Gasteiger partial charge in [-0.2, -0.15) is 0 Å². The molecule has 66 valence electrons. The van der Waals surface area contributed by atoms with Gasteiger partial charge in [-0.05, 0) is 0 Å². The average Bonchev–Trinajstić information content (AvgIpc) is 1.82. The van der Waals surface area contributed by atoms with Crippen molar-refractivity contribution in [1.29, 1.82) is 0 Å². The third kappa shape index (κ3) is 50.4. The first kappa shape index (κ1) is 12.6. The van der Waals surface area contributed by atoms with E-state index in [1.165, 1.54) is 6.92 Å². The molecule has 0 amide bonds. The molecule has 0 aliphatic carbocycles. The van der Waals surface area contributed by atoms with E-state index >= 15 is 0 Å². The lowest BCUT2D eigenvalue weighted by molar-refractivity contribution is -0.142. The van der Waals surface area contributed by atoms with Crippen LogP contribution in [0.1, 0.15) is 13.8 Å². The van der Waals surface area contributed by atoms with Gasteiger partial charge in [-0.1, -0.05) is 0 Å². The van der Waals surface area contributed by atoms with Crippen LogP contribution >= 0.6 is 0 Å². The summed E-state index contributed by atoms with van der Waals surface area (Å²) in [6.07, 6.45) is 0. The highest BCUT2D eigenvalue weighted by atomic mass is 16.5. The maximum atomic E-state index is 9.87. The standard InChI is InChI=1S/C4H8O3.C2H4O2/c1-4(6)7-3-2-5;1-2(3)4/h5H,2-3H2,1H3;1H3,(H,3,4). The summed E-state index contributed by atoms with van der Waals surface area (Å²) in [6.45, 7) is 2.39. The highest BCUT2D eigenvalue weighted by Gasteiger charge is 1.86. The molecular weight excluding hydrogens is 152 g/mol. The first-order valence-electron chi connectivity index (χ1n) is 2.94. The van der Waals surface area contributed by atoms with Gasteiger partial charge in [0.25, 0.3) is 5.97 Å². The smallest absolute Gasteiger partial charge is 0.302 e. The Kier molecular flexibility index (Phi) is 10.2. The van der Waals surface area contributed by atoms with Crippen molar-refractivity contribution in [3.8, 4) is 0 Å². The number of esters is 1.